The van der Waals surface area contributed by atoms with E-state index in [4.69, 9.17) is 0 Å². The van der Waals surface area contributed by atoms with Crippen LogP contribution < -0.4 is 5.32 Å². The van der Waals surface area contributed by atoms with E-state index < -0.39 is 0 Å². The van der Waals surface area contributed by atoms with Crippen molar-refractivity contribution in [2.24, 2.45) is 13.0 Å². The molecule has 2 fully saturated rings. The SMILES string of the molecule is Cc1c(CNC(=O)N2CCC([C@@H](C)N3CCN(C)CC3)CC2)cnn1C. The average molecular weight is 363 g/mol. The largest absolute Gasteiger partial charge is 0.334 e. The van der Waals surface area contributed by atoms with Gasteiger partial charge in [0.15, 0.2) is 0 Å². The minimum atomic E-state index is 0.0546. The Bertz CT molecular complexity index is 599. The van der Waals surface area contributed by atoms with Gasteiger partial charge in [-0.3, -0.25) is 9.58 Å². The Balaban J connectivity index is 1.42. The predicted octanol–water partition coefficient (Wildman–Crippen LogP) is 1.29. The van der Waals surface area contributed by atoms with Crippen LogP contribution in [0.25, 0.3) is 0 Å². The summed E-state index contributed by atoms with van der Waals surface area (Å²) in [6, 6.07) is 0.672. The van der Waals surface area contributed by atoms with Crippen LogP contribution in [0.3, 0.4) is 0 Å². The number of urea groups is 1. The number of aryl methyl sites for hydroxylation is 1. The van der Waals surface area contributed by atoms with Gasteiger partial charge in [0.25, 0.3) is 0 Å². The summed E-state index contributed by atoms with van der Waals surface area (Å²) in [6.45, 7) is 11.3. The molecule has 0 aromatic carbocycles. The molecular formula is C19H34N6O. The number of piperazine rings is 1. The standard InChI is InChI=1S/C19H34N6O/c1-15-18(14-21-23(15)4)13-20-19(26)25-7-5-17(6-8-25)16(2)24-11-9-22(3)10-12-24/h14,16-17H,5-13H2,1-4H3,(H,20,26)/t16-/m1/s1. The molecule has 2 amide bonds. The summed E-state index contributed by atoms with van der Waals surface area (Å²) in [5.41, 5.74) is 2.18. The number of nitrogens with one attached hydrogen (secondary N) is 1. The third kappa shape index (κ3) is 4.38. The van der Waals surface area contributed by atoms with E-state index in [1.807, 2.05) is 29.7 Å². The highest BCUT2D eigenvalue weighted by molar-refractivity contribution is 5.74. The molecule has 3 heterocycles. The first-order valence-corrected chi connectivity index (χ1v) is 9.88. The van der Waals surface area contributed by atoms with Crippen molar-refractivity contribution in [3.8, 4) is 0 Å². The highest BCUT2D eigenvalue weighted by atomic mass is 16.2. The maximum absolute atomic E-state index is 12.5. The molecule has 146 valence electrons. The minimum absolute atomic E-state index is 0.0546. The van der Waals surface area contributed by atoms with Gasteiger partial charge >= 0.3 is 6.03 Å². The highest BCUT2D eigenvalue weighted by Gasteiger charge is 2.30. The Hall–Kier alpha value is -1.60. The molecule has 0 unspecified atom stereocenters. The van der Waals surface area contributed by atoms with Crippen molar-refractivity contribution in [3.63, 3.8) is 0 Å². The Morgan fingerprint density at radius 2 is 1.85 bits per heavy atom. The summed E-state index contributed by atoms with van der Waals surface area (Å²) >= 11 is 0. The number of likely N-dealkylation sites (N-methyl/N-ethyl adjacent to an activating group) is 1. The zero-order valence-corrected chi connectivity index (χ0v) is 16.7. The summed E-state index contributed by atoms with van der Waals surface area (Å²) in [7, 11) is 4.12. The summed E-state index contributed by atoms with van der Waals surface area (Å²) in [5.74, 6) is 0.697. The Kier molecular flexibility index (Phi) is 6.19. The number of likely N-dealkylation sites (tertiary alicyclic amines) is 1. The van der Waals surface area contributed by atoms with Crippen molar-refractivity contribution in [1.82, 2.24) is 29.8 Å². The molecular weight excluding hydrogens is 328 g/mol. The summed E-state index contributed by atoms with van der Waals surface area (Å²) in [5, 5.41) is 7.28. The van der Waals surface area contributed by atoms with E-state index in [1.54, 1.807) is 0 Å². The zero-order valence-electron chi connectivity index (χ0n) is 16.7. The second-order valence-corrected chi connectivity index (χ2v) is 7.94. The van der Waals surface area contributed by atoms with Crippen molar-refractivity contribution < 1.29 is 4.79 Å². The molecule has 0 aliphatic carbocycles. The first-order chi connectivity index (χ1) is 12.5. The molecule has 3 rings (SSSR count). The van der Waals surface area contributed by atoms with E-state index in [0.717, 1.165) is 37.2 Å². The van der Waals surface area contributed by atoms with Gasteiger partial charge in [-0.15, -0.1) is 0 Å². The number of hydrogen-bond acceptors (Lipinski definition) is 4. The topological polar surface area (TPSA) is 56.6 Å². The quantitative estimate of drug-likeness (QED) is 0.877. The Labute approximate surface area is 157 Å². The molecule has 0 bridgehead atoms. The van der Waals surface area contributed by atoms with E-state index in [2.05, 4.69) is 34.2 Å². The maximum Gasteiger partial charge on any atom is 0.317 e. The van der Waals surface area contributed by atoms with Gasteiger partial charge in [0, 0.05) is 70.2 Å². The number of hydrogen-bond donors (Lipinski definition) is 1. The van der Waals surface area contributed by atoms with Crippen LogP contribution in [0.4, 0.5) is 4.79 Å². The monoisotopic (exact) mass is 362 g/mol. The minimum Gasteiger partial charge on any atom is -0.334 e. The van der Waals surface area contributed by atoms with Gasteiger partial charge in [-0.25, -0.2) is 4.79 Å². The summed E-state index contributed by atoms with van der Waals surface area (Å²) < 4.78 is 1.84. The van der Waals surface area contributed by atoms with E-state index in [-0.39, 0.29) is 6.03 Å². The molecule has 1 N–H and O–H groups in total. The van der Waals surface area contributed by atoms with Gasteiger partial charge in [-0.1, -0.05) is 0 Å². The molecule has 26 heavy (non-hydrogen) atoms. The first kappa shape index (κ1) is 19.2. The van der Waals surface area contributed by atoms with Crippen molar-refractivity contribution in [1.29, 1.82) is 0 Å². The first-order valence-electron chi connectivity index (χ1n) is 9.88. The van der Waals surface area contributed by atoms with Crippen LogP contribution in [0.5, 0.6) is 0 Å². The fourth-order valence-electron chi connectivity index (χ4n) is 4.11. The predicted molar refractivity (Wildman–Crippen MR) is 103 cm³/mol. The molecule has 1 atom stereocenters. The second kappa shape index (κ2) is 8.39. The maximum atomic E-state index is 12.5. The molecule has 0 radical (unpaired) electrons. The number of nitrogens with zero attached hydrogens (tertiary/aromatic N) is 5. The van der Waals surface area contributed by atoms with Gasteiger partial charge in [-0.05, 0) is 39.7 Å². The van der Waals surface area contributed by atoms with Crippen LogP contribution in [-0.2, 0) is 13.6 Å². The normalized spacial score (nSPS) is 21.8. The summed E-state index contributed by atoms with van der Waals surface area (Å²) in [4.78, 5) is 19.5. The smallest absolute Gasteiger partial charge is 0.317 e. The van der Waals surface area contributed by atoms with Crippen molar-refractivity contribution in [2.75, 3.05) is 46.3 Å². The van der Waals surface area contributed by atoms with Crippen LogP contribution in [-0.4, -0.2) is 82.9 Å². The third-order valence-corrected chi connectivity index (χ3v) is 6.39. The van der Waals surface area contributed by atoms with Crippen LogP contribution in [0.15, 0.2) is 6.20 Å². The number of piperidine rings is 1. The number of rotatable bonds is 4. The van der Waals surface area contributed by atoms with Gasteiger partial charge in [0.05, 0.1) is 6.20 Å². The van der Waals surface area contributed by atoms with E-state index in [0.29, 0.717) is 18.5 Å². The van der Waals surface area contributed by atoms with Crippen molar-refractivity contribution in [3.05, 3.63) is 17.5 Å². The lowest BCUT2D eigenvalue weighted by Crippen LogP contribution is -2.52. The fourth-order valence-corrected chi connectivity index (χ4v) is 4.11. The van der Waals surface area contributed by atoms with Crippen molar-refractivity contribution in [2.45, 2.75) is 39.3 Å². The molecule has 2 saturated heterocycles. The molecule has 2 aliphatic heterocycles. The molecule has 2 aliphatic rings. The van der Waals surface area contributed by atoms with E-state index in [1.165, 1.54) is 26.2 Å². The van der Waals surface area contributed by atoms with E-state index in [9.17, 15) is 4.79 Å². The molecule has 7 nitrogen and oxygen atoms in total. The second-order valence-electron chi connectivity index (χ2n) is 7.94. The number of carbonyl (C=O) groups is 1. The number of amides is 2. The van der Waals surface area contributed by atoms with Gasteiger partial charge in [0.2, 0.25) is 0 Å². The lowest BCUT2D eigenvalue weighted by atomic mass is 9.89. The van der Waals surface area contributed by atoms with Crippen molar-refractivity contribution >= 4 is 6.03 Å². The molecule has 1 aromatic rings. The van der Waals surface area contributed by atoms with Gasteiger partial charge in [-0.2, -0.15) is 5.10 Å². The molecule has 1 aromatic heterocycles. The van der Waals surface area contributed by atoms with Crippen LogP contribution in [0.1, 0.15) is 31.0 Å². The van der Waals surface area contributed by atoms with Gasteiger partial charge in [0.1, 0.15) is 0 Å². The molecule has 0 saturated carbocycles. The van der Waals surface area contributed by atoms with Crippen LogP contribution in [0, 0.1) is 12.8 Å². The molecule has 7 heteroatoms. The third-order valence-electron chi connectivity index (χ3n) is 6.39. The average Bonchev–Trinajstić information content (AvgIpc) is 2.98. The number of aromatic nitrogens is 2. The fraction of sp³-hybridized carbons (Fsp3) is 0.789. The van der Waals surface area contributed by atoms with Crippen LogP contribution in [0.2, 0.25) is 0 Å². The van der Waals surface area contributed by atoms with Crippen LogP contribution >= 0.6 is 0 Å². The number of carbonyl (C=O) groups excluding carboxylic acids is 1. The molecule has 0 spiro atoms. The van der Waals surface area contributed by atoms with E-state index >= 15 is 0 Å². The van der Waals surface area contributed by atoms with Gasteiger partial charge < -0.3 is 15.1 Å². The summed E-state index contributed by atoms with van der Waals surface area (Å²) in [6.07, 6.45) is 4.04. The lowest BCUT2D eigenvalue weighted by molar-refractivity contribution is 0.0664. The zero-order chi connectivity index (χ0) is 18.7. The Morgan fingerprint density at radius 3 is 2.42 bits per heavy atom. The highest BCUT2D eigenvalue weighted by Crippen LogP contribution is 2.24. The Morgan fingerprint density at radius 1 is 1.19 bits per heavy atom. The lowest BCUT2D eigenvalue weighted by Gasteiger charge is -2.42.